The van der Waals surface area contributed by atoms with Crippen LogP contribution in [0.25, 0.3) is 11.0 Å². The van der Waals surface area contributed by atoms with Crippen LogP contribution in [0.5, 0.6) is 5.75 Å². The molecule has 0 radical (unpaired) electrons. The minimum atomic E-state index is -0.651. The zero-order chi connectivity index (χ0) is 15.0. The molecule has 0 unspecified atom stereocenters. The Morgan fingerprint density at radius 1 is 1.14 bits per heavy atom. The summed E-state index contributed by atoms with van der Waals surface area (Å²) in [4.78, 5) is 28.8. The lowest BCUT2D eigenvalue weighted by molar-refractivity contribution is 0.103. The van der Waals surface area contributed by atoms with Crippen molar-refractivity contribution in [2.24, 2.45) is 0 Å². The SMILES string of the molecule is COc1cccc(F)c1C(=O)c1ccc2[nH]c(=O)[nH]c2c1. The number of methoxy groups -OCH3 is 1. The van der Waals surface area contributed by atoms with Crippen LogP contribution >= 0.6 is 0 Å². The van der Waals surface area contributed by atoms with Crippen LogP contribution in [0.3, 0.4) is 0 Å². The molecule has 0 aliphatic carbocycles. The van der Waals surface area contributed by atoms with Gasteiger partial charge in [-0.3, -0.25) is 4.79 Å². The normalized spacial score (nSPS) is 10.8. The second kappa shape index (κ2) is 4.90. The van der Waals surface area contributed by atoms with Gasteiger partial charge >= 0.3 is 5.69 Å². The molecule has 106 valence electrons. The molecule has 0 saturated carbocycles. The van der Waals surface area contributed by atoms with Crippen molar-refractivity contribution in [3.05, 3.63) is 63.8 Å². The van der Waals surface area contributed by atoms with E-state index in [1.807, 2.05) is 0 Å². The summed E-state index contributed by atoms with van der Waals surface area (Å²) in [6.45, 7) is 0. The summed E-state index contributed by atoms with van der Waals surface area (Å²) in [6.07, 6.45) is 0. The average molecular weight is 286 g/mol. The average Bonchev–Trinajstić information content (AvgIpc) is 2.85. The molecule has 0 aliphatic rings. The predicted molar refractivity (Wildman–Crippen MR) is 75.3 cm³/mol. The molecule has 0 atom stereocenters. The maximum atomic E-state index is 13.9. The van der Waals surface area contributed by atoms with Gasteiger partial charge in [0.2, 0.25) is 0 Å². The molecule has 0 bridgehead atoms. The fourth-order valence-corrected chi connectivity index (χ4v) is 2.21. The molecule has 3 rings (SSSR count). The molecular weight excluding hydrogens is 275 g/mol. The van der Waals surface area contributed by atoms with Crippen LogP contribution in [0.1, 0.15) is 15.9 Å². The summed E-state index contributed by atoms with van der Waals surface area (Å²) in [6, 6.07) is 8.81. The van der Waals surface area contributed by atoms with Gasteiger partial charge in [0.25, 0.3) is 0 Å². The number of nitrogens with one attached hydrogen (secondary N) is 2. The van der Waals surface area contributed by atoms with Crippen LogP contribution in [-0.4, -0.2) is 22.9 Å². The molecule has 0 fully saturated rings. The summed E-state index contributed by atoms with van der Waals surface area (Å²) in [7, 11) is 1.37. The number of carbonyl (C=O) groups excluding carboxylic acids is 1. The van der Waals surface area contributed by atoms with Crippen molar-refractivity contribution < 1.29 is 13.9 Å². The number of halogens is 1. The van der Waals surface area contributed by atoms with Gasteiger partial charge < -0.3 is 14.7 Å². The maximum Gasteiger partial charge on any atom is 0.323 e. The summed E-state index contributed by atoms with van der Waals surface area (Å²) in [5.41, 5.74) is 0.842. The number of ketones is 1. The molecule has 1 aromatic heterocycles. The van der Waals surface area contributed by atoms with Gasteiger partial charge in [0.1, 0.15) is 17.1 Å². The molecule has 0 aliphatic heterocycles. The van der Waals surface area contributed by atoms with E-state index < -0.39 is 11.6 Å². The van der Waals surface area contributed by atoms with Crippen LogP contribution in [0.2, 0.25) is 0 Å². The first-order chi connectivity index (χ1) is 10.1. The van der Waals surface area contributed by atoms with Crippen molar-refractivity contribution in [3.8, 4) is 5.75 Å². The number of carbonyl (C=O) groups is 1. The number of fused-ring (bicyclic) bond motifs is 1. The van der Waals surface area contributed by atoms with Gasteiger partial charge in [0.15, 0.2) is 5.78 Å². The topological polar surface area (TPSA) is 75.0 Å². The molecule has 6 heteroatoms. The van der Waals surface area contributed by atoms with Crippen LogP contribution in [0, 0.1) is 5.82 Å². The number of ether oxygens (including phenoxy) is 1. The van der Waals surface area contributed by atoms with Crippen LogP contribution < -0.4 is 10.4 Å². The fourth-order valence-electron chi connectivity index (χ4n) is 2.21. The van der Waals surface area contributed by atoms with Gasteiger partial charge in [0, 0.05) is 5.56 Å². The third-order valence-electron chi connectivity index (χ3n) is 3.20. The Labute approximate surface area is 118 Å². The van der Waals surface area contributed by atoms with Crippen molar-refractivity contribution in [1.82, 2.24) is 9.97 Å². The van der Waals surface area contributed by atoms with E-state index in [0.29, 0.717) is 11.0 Å². The summed E-state index contributed by atoms with van der Waals surface area (Å²) in [5.74, 6) is -0.987. The number of benzene rings is 2. The monoisotopic (exact) mass is 286 g/mol. The minimum Gasteiger partial charge on any atom is -0.496 e. The van der Waals surface area contributed by atoms with E-state index in [-0.39, 0.29) is 22.6 Å². The van der Waals surface area contributed by atoms with Gasteiger partial charge in [-0.05, 0) is 30.3 Å². The first-order valence-electron chi connectivity index (χ1n) is 6.19. The van der Waals surface area contributed by atoms with Gasteiger partial charge in [-0.2, -0.15) is 0 Å². The molecule has 0 saturated heterocycles. The van der Waals surface area contributed by atoms with E-state index in [1.54, 1.807) is 6.07 Å². The molecule has 3 aromatic rings. The quantitative estimate of drug-likeness (QED) is 0.725. The number of aromatic nitrogens is 2. The van der Waals surface area contributed by atoms with Gasteiger partial charge in [-0.15, -0.1) is 0 Å². The number of aromatic amines is 2. The lowest BCUT2D eigenvalue weighted by Gasteiger charge is -2.08. The van der Waals surface area contributed by atoms with E-state index in [9.17, 15) is 14.0 Å². The summed E-state index contributed by atoms with van der Waals surface area (Å²) >= 11 is 0. The standard InChI is InChI=1S/C15H11FN2O3/c1-21-12-4-2-3-9(16)13(12)14(19)8-5-6-10-11(7-8)18-15(20)17-10/h2-7H,1H3,(H2,17,18,20). The van der Waals surface area contributed by atoms with Crippen LogP contribution in [0.4, 0.5) is 4.39 Å². The number of imidazole rings is 1. The number of hydrogen-bond donors (Lipinski definition) is 2. The van der Waals surface area contributed by atoms with Crippen molar-refractivity contribution in [3.63, 3.8) is 0 Å². The lowest BCUT2D eigenvalue weighted by Crippen LogP contribution is -2.07. The Morgan fingerprint density at radius 2 is 1.90 bits per heavy atom. The van der Waals surface area contributed by atoms with E-state index >= 15 is 0 Å². The highest BCUT2D eigenvalue weighted by molar-refractivity contribution is 6.12. The Bertz CT molecular complexity index is 895. The molecular formula is C15H11FN2O3. The maximum absolute atomic E-state index is 13.9. The Kier molecular flexibility index (Phi) is 3.06. The van der Waals surface area contributed by atoms with Crippen LogP contribution in [0.15, 0.2) is 41.2 Å². The Hall–Kier alpha value is -2.89. The Morgan fingerprint density at radius 3 is 2.67 bits per heavy atom. The molecule has 0 spiro atoms. The van der Waals surface area contributed by atoms with Gasteiger partial charge in [-0.25, -0.2) is 9.18 Å². The van der Waals surface area contributed by atoms with Crippen LogP contribution in [-0.2, 0) is 0 Å². The molecule has 2 N–H and O–H groups in total. The number of hydrogen-bond acceptors (Lipinski definition) is 3. The smallest absolute Gasteiger partial charge is 0.323 e. The molecule has 2 aromatic carbocycles. The van der Waals surface area contributed by atoms with Gasteiger partial charge in [0.05, 0.1) is 18.1 Å². The zero-order valence-electron chi connectivity index (χ0n) is 11.1. The molecule has 21 heavy (non-hydrogen) atoms. The highest BCUT2D eigenvalue weighted by atomic mass is 19.1. The van der Waals surface area contributed by atoms with E-state index in [0.717, 1.165) is 0 Å². The van der Waals surface area contributed by atoms with Crippen molar-refractivity contribution in [1.29, 1.82) is 0 Å². The Balaban J connectivity index is 2.14. The highest BCUT2D eigenvalue weighted by Gasteiger charge is 2.19. The largest absolute Gasteiger partial charge is 0.496 e. The molecule has 5 nitrogen and oxygen atoms in total. The second-order valence-corrected chi connectivity index (χ2v) is 4.49. The van der Waals surface area contributed by atoms with E-state index in [1.165, 1.54) is 37.4 Å². The van der Waals surface area contributed by atoms with Crippen molar-refractivity contribution in [2.75, 3.05) is 7.11 Å². The highest BCUT2D eigenvalue weighted by Crippen LogP contribution is 2.25. The molecule has 1 heterocycles. The number of rotatable bonds is 3. The predicted octanol–water partition coefficient (Wildman–Crippen LogP) is 2.23. The first kappa shape index (κ1) is 13.1. The van der Waals surface area contributed by atoms with Crippen molar-refractivity contribution >= 4 is 16.8 Å². The van der Waals surface area contributed by atoms with E-state index in [2.05, 4.69) is 9.97 Å². The van der Waals surface area contributed by atoms with E-state index in [4.69, 9.17) is 4.74 Å². The molecule has 0 amide bonds. The lowest BCUT2D eigenvalue weighted by atomic mass is 10.0. The minimum absolute atomic E-state index is 0.128. The summed E-state index contributed by atoms with van der Waals surface area (Å²) < 4.78 is 19.0. The van der Waals surface area contributed by atoms with Gasteiger partial charge in [-0.1, -0.05) is 6.07 Å². The third-order valence-corrected chi connectivity index (χ3v) is 3.20. The number of H-pyrrole nitrogens is 2. The summed E-state index contributed by atoms with van der Waals surface area (Å²) in [5, 5.41) is 0. The third kappa shape index (κ3) is 2.20. The first-order valence-corrected chi connectivity index (χ1v) is 6.19. The second-order valence-electron chi connectivity index (χ2n) is 4.49. The fraction of sp³-hybridized carbons (Fsp3) is 0.0667. The van der Waals surface area contributed by atoms with Crippen molar-refractivity contribution in [2.45, 2.75) is 0 Å². The zero-order valence-corrected chi connectivity index (χ0v) is 11.1.